The van der Waals surface area contributed by atoms with Gasteiger partial charge in [0.1, 0.15) is 5.82 Å². The lowest BCUT2D eigenvalue weighted by Crippen LogP contribution is -2.29. The molecular formula is C26H28N6O2S. The number of nitrogens with one attached hydrogen (secondary N) is 3. The van der Waals surface area contributed by atoms with Crippen LogP contribution in [0.3, 0.4) is 0 Å². The Morgan fingerprint density at radius 3 is 2.60 bits per heavy atom. The largest absolute Gasteiger partial charge is 0.393 e. The molecule has 2 aromatic carbocycles. The monoisotopic (exact) mass is 488 g/mol. The van der Waals surface area contributed by atoms with Crippen molar-refractivity contribution >= 4 is 50.0 Å². The van der Waals surface area contributed by atoms with E-state index in [0.29, 0.717) is 18.2 Å². The number of carbonyl (C=O) groups excluding carboxylic acids is 1. The molecule has 0 unspecified atom stereocenters. The van der Waals surface area contributed by atoms with Crippen LogP contribution in [-0.2, 0) is 11.2 Å². The summed E-state index contributed by atoms with van der Waals surface area (Å²) in [6.45, 7) is 1.49. The first-order chi connectivity index (χ1) is 17.0. The minimum atomic E-state index is -0.208. The molecule has 1 aliphatic rings. The Morgan fingerprint density at radius 2 is 1.83 bits per heavy atom. The number of aliphatic hydroxyl groups is 1. The van der Waals surface area contributed by atoms with Gasteiger partial charge in [-0.1, -0.05) is 41.7 Å². The second-order valence-corrected chi connectivity index (χ2v) is 9.92. The molecule has 4 aromatic rings. The van der Waals surface area contributed by atoms with E-state index >= 15 is 0 Å². The maximum atomic E-state index is 11.4. The number of rotatable bonds is 7. The molecule has 180 valence electrons. The van der Waals surface area contributed by atoms with Gasteiger partial charge in [-0.25, -0.2) is 9.97 Å². The second kappa shape index (κ2) is 10.4. The molecule has 1 saturated carbocycles. The van der Waals surface area contributed by atoms with E-state index in [2.05, 4.69) is 33.1 Å². The molecule has 8 nitrogen and oxygen atoms in total. The van der Waals surface area contributed by atoms with Gasteiger partial charge < -0.3 is 21.1 Å². The number of amides is 1. The van der Waals surface area contributed by atoms with E-state index in [4.69, 9.17) is 9.97 Å². The van der Waals surface area contributed by atoms with Crippen molar-refractivity contribution in [3.63, 3.8) is 0 Å². The van der Waals surface area contributed by atoms with Crippen LogP contribution in [0.5, 0.6) is 0 Å². The Balaban J connectivity index is 1.40. The van der Waals surface area contributed by atoms with E-state index < -0.39 is 0 Å². The second-order valence-electron chi connectivity index (χ2n) is 8.89. The normalized spacial score (nSPS) is 17.8. The highest BCUT2D eigenvalue weighted by atomic mass is 32.1. The van der Waals surface area contributed by atoms with Crippen LogP contribution in [0.15, 0.2) is 54.6 Å². The summed E-state index contributed by atoms with van der Waals surface area (Å²) in [6, 6.07) is 18.1. The lowest BCUT2D eigenvalue weighted by Gasteiger charge is -2.26. The topological polar surface area (TPSA) is 112 Å². The molecule has 0 bridgehead atoms. The average molecular weight is 489 g/mol. The van der Waals surface area contributed by atoms with Crippen molar-refractivity contribution in [3.8, 4) is 0 Å². The summed E-state index contributed by atoms with van der Waals surface area (Å²) in [5.74, 6) is 1.15. The fourth-order valence-corrected chi connectivity index (χ4v) is 5.21. The Morgan fingerprint density at radius 1 is 1.03 bits per heavy atom. The molecule has 35 heavy (non-hydrogen) atoms. The molecule has 4 N–H and O–H groups in total. The van der Waals surface area contributed by atoms with Crippen molar-refractivity contribution in [2.75, 3.05) is 16.0 Å². The summed E-state index contributed by atoms with van der Waals surface area (Å²) in [7, 11) is 0. The zero-order valence-electron chi connectivity index (χ0n) is 19.5. The summed E-state index contributed by atoms with van der Waals surface area (Å²) in [5, 5.41) is 20.2. The fourth-order valence-electron chi connectivity index (χ4n) is 4.29. The first-order valence-electron chi connectivity index (χ1n) is 11.8. The number of fused-ring (bicyclic) bond motifs is 1. The number of aromatic nitrogens is 3. The van der Waals surface area contributed by atoms with Crippen molar-refractivity contribution in [2.45, 2.75) is 51.2 Å². The molecule has 0 atom stereocenters. The van der Waals surface area contributed by atoms with Gasteiger partial charge in [0.25, 0.3) is 0 Å². The SMILES string of the molecule is CC(=O)Nc1ccc2nc(Nc3cc(Cc4ccccc4)nc(N[C@H]4CC[C@H](O)CC4)n3)sc2c1. The minimum absolute atomic E-state index is 0.105. The van der Waals surface area contributed by atoms with Gasteiger partial charge in [-0.05, 0) is 49.4 Å². The number of hydrogen-bond donors (Lipinski definition) is 4. The van der Waals surface area contributed by atoms with Crippen molar-refractivity contribution < 1.29 is 9.90 Å². The first-order valence-corrected chi connectivity index (χ1v) is 12.6. The van der Waals surface area contributed by atoms with E-state index in [1.807, 2.05) is 42.5 Å². The molecule has 0 saturated heterocycles. The molecule has 5 rings (SSSR count). The summed E-state index contributed by atoms with van der Waals surface area (Å²) < 4.78 is 0.969. The van der Waals surface area contributed by atoms with Gasteiger partial charge in [0.15, 0.2) is 5.13 Å². The van der Waals surface area contributed by atoms with Crippen molar-refractivity contribution in [3.05, 3.63) is 65.9 Å². The lowest BCUT2D eigenvalue weighted by atomic mass is 9.93. The Kier molecular flexibility index (Phi) is 6.87. The highest BCUT2D eigenvalue weighted by molar-refractivity contribution is 7.22. The average Bonchev–Trinajstić information content (AvgIpc) is 3.22. The van der Waals surface area contributed by atoms with Gasteiger partial charge in [0, 0.05) is 31.1 Å². The lowest BCUT2D eigenvalue weighted by molar-refractivity contribution is -0.114. The fraction of sp³-hybridized carbons (Fsp3) is 0.308. The molecule has 0 aliphatic heterocycles. The van der Waals surface area contributed by atoms with Gasteiger partial charge >= 0.3 is 0 Å². The quantitative estimate of drug-likeness (QED) is 0.286. The van der Waals surface area contributed by atoms with E-state index in [9.17, 15) is 9.90 Å². The van der Waals surface area contributed by atoms with Gasteiger partial charge in [-0.3, -0.25) is 4.79 Å². The summed E-state index contributed by atoms with van der Waals surface area (Å²) in [6.07, 6.45) is 3.85. The van der Waals surface area contributed by atoms with Crippen molar-refractivity contribution in [1.29, 1.82) is 0 Å². The van der Waals surface area contributed by atoms with Gasteiger partial charge in [0.2, 0.25) is 11.9 Å². The summed E-state index contributed by atoms with van der Waals surface area (Å²) in [4.78, 5) is 25.6. The molecule has 9 heteroatoms. The van der Waals surface area contributed by atoms with Crippen LogP contribution in [0.4, 0.5) is 22.6 Å². The summed E-state index contributed by atoms with van der Waals surface area (Å²) >= 11 is 1.50. The Bertz CT molecular complexity index is 1320. The standard InChI is InChI=1S/C26H28N6O2S/c1-16(33)27-19-9-12-22-23(14-19)35-26(30-22)32-24-15-20(13-17-5-3-2-4-6-17)29-25(31-24)28-18-7-10-21(34)11-8-18/h2-6,9,12,14-15,18,21,34H,7-8,10-11,13H2,1H3,(H,27,33)(H2,28,29,30,31,32)/t18-,21-. The third kappa shape index (κ3) is 6.12. The van der Waals surface area contributed by atoms with E-state index in [0.717, 1.165) is 52.4 Å². The van der Waals surface area contributed by atoms with Gasteiger partial charge in [-0.2, -0.15) is 4.98 Å². The highest BCUT2D eigenvalue weighted by Gasteiger charge is 2.20. The molecule has 0 spiro atoms. The Hall–Kier alpha value is -3.56. The van der Waals surface area contributed by atoms with Crippen LogP contribution < -0.4 is 16.0 Å². The minimum Gasteiger partial charge on any atom is -0.393 e. The van der Waals surface area contributed by atoms with Crippen LogP contribution in [-0.4, -0.2) is 38.1 Å². The summed E-state index contributed by atoms with van der Waals surface area (Å²) in [5.41, 5.74) is 3.68. The maximum absolute atomic E-state index is 11.4. The van der Waals surface area contributed by atoms with Gasteiger partial charge in [0.05, 0.1) is 22.0 Å². The highest BCUT2D eigenvalue weighted by Crippen LogP contribution is 2.31. The van der Waals surface area contributed by atoms with E-state index in [1.165, 1.54) is 23.8 Å². The van der Waals surface area contributed by atoms with Crippen LogP contribution in [0.1, 0.15) is 43.9 Å². The number of aliphatic hydroxyl groups excluding tert-OH is 1. The number of carbonyl (C=O) groups is 1. The zero-order valence-corrected chi connectivity index (χ0v) is 20.3. The molecular weight excluding hydrogens is 460 g/mol. The van der Waals surface area contributed by atoms with Crippen molar-refractivity contribution in [2.24, 2.45) is 0 Å². The van der Waals surface area contributed by atoms with Crippen LogP contribution >= 0.6 is 11.3 Å². The third-order valence-corrected chi connectivity index (χ3v) is 6.91. The van der Waals surface area contributed by atoms with Crippen LogP contribution in [0.25, 0.3) is 10.2 Å². The van der Waals surface area contributed by atoms with Crippen LogP contribution in [0.2, 0.25) is 0 Å². The van der Waals surface area contributed by atoms with Crippen molar-refractivity contribution in [1.82, 2.24) is 15.0 Å². The maximum Gasteiger partial charge on any atom is 0.225 e. The number of thiazole rings is 1. The molecule has 0 radical (unpaired) electrons. The van der Waals surface area contributed by atoms with E-state index in [-0.39, 0.29) is 18.1 Å². The molecule has 1 aliphatic carbocycles. The molecule has 1 fully saturated rings. The smallest absolute Gasteiger partial charge is 0.225 e. The third-order valence-electron chi connectivity index (χ3n) is 5.98. The van der Waals surface area contributed by atoms with Gasteiger partial charge in [-0.15, -0.1) is 0 Å². The Labute approximate surface area is 207 Å². The first kappa shape index (κ1) is 23.2. The predicted molar refractivity (Wildman–Crippen MR) is 140 cm³/mol. The van der Waals surface area contributed by atoms with Crippen LogP contribution in [0, 0.1) is 0 Å². The number of hydrogen-bond acceptors (Lipinski definition) is 8. The molecule has 2 aromatic heterocycles. The number of anilines is 4. The number of nitrogens with zero attached hydrogens (tertiary/aromatic N) is 3. The predicted octanol–water partition coefficient (Wildman–Crippen LogP) is 5.09. The van der Waals surface area contributed by atoms with E-state index in [1.54, 1.807) is 0 Å². The number of benzene rings is 2. The molecule has 2 heterocycles. The molecule has 1 amide bonds. The zero-order chi connectivity index (χ0) is 24.2.